The minimum absolute atomic E-state index is 0.154. The lowest BCUT2D eigenvalue weighted by Gasteiger charge is -2.19. The topological polar surface area (TPSA) is 66.5 Å². The summed E-state index contributed by atoms with van der Waals surface area (Å²) in [6.07, 6.45) is 0. The second-order valence-corrected chi connectivity index (χ2v) is 9.31. The Kier molecular flexibility index (Phi) is 4.86. The van der Waals surface area contributed by atoms with Crippen molar-refractivity contribution in [3.63, 3.8) is 0 Å². The van der Waals surface area contributed by atoms with Crippen LogP contribution in [0, 0.1) is 0 Å². The van der Waals surface area contributed by atoms with Gasteiger partial charge >= 0.3 is 0 Å². The number of sulfonamides is 1. The first-order valence-electron chi connectivity index (χ1n) is 7.33. The van der Waals surface area contributed by atoms with Crippen LogP contribution in [0.5, 0.6) is 0 Å². The van der Waals surface area contributed by atoms with Crippen LogP contribution in [0.2, 0.25) is 0 Å². The molecule has 0 radical (unpaired) electrons. The third kappa shape index (κ3) is 3.42. The second-order valence-electron chi connectivity index (χ2n) is 5.34. The summed E-state index contributed by atoms with van der Waals surface area (Å²) in [6.45, 7) is 0. The number of nitrogens with zero attached hydrogens (tertiary/aromatic N) is 1. The van der Waals surface area contributed by atoms with Gasteiger partial charge in [-0.3, -0.25) is 9.10 Å². The fraction of sp³-hybridized carbons (Fsp3) is 0.118. The van der Waals surface area contributed by atoms with E-state index in [0.29, 0.717) is 10.6 Å². The molecule has 3 aromatic rings. The number of benzene rings is 2. The van der Waals surface area contributed by atoms with Crippen molar-refractivity contribution in [2.45, 2.75) is 4.90 Å². The van der Waals surface area contributed by atoms with E-state index in [9.17, 15) is 13.2 Å². The van der Waals surface area contributed by atoms with Gasteiger partial charge in [0.15, 0.2) is 0 Å². The highest BCUT2D eigenvalue weighted by atomic mass is 79.9. The SMILES string of the molecule is CNC(=O)c1cc2cc(N(C)S(=O)(=O)c3ccc(Br)cc3)ccc2s1. The highest BCUT2D eigenvalue weighted by Gasteiger charge is 2.21. The highest BCUT2D eigenvalue weighted by molar-refractivity contribution is 9.10. The lowest BCUT2D eigenvalue weighted by molar-refractivity contribution is 0.0967. The Morgan fingerprint density at radius 3 is 2.44 bits per heavy atom. The monoisotopic (exact) mass is 438 g/mol. The van der Waals surface area contributed by atoms with E-state index in [2.05, 4.69) is 21.2 Å². The van der Waals surface area contributed by atoms with Crippen LogP contribution >= 0.6 is 27.3 Å². The average Bonchev–Trinajstić information content (AvgIpc) is 3.03. The first-order valence-corrected chi connectivity index (χ1v) is 10.4. The molecule has 0 spiro atoms. The Bertz CT molecular complexity index is 1040. The quantitative estimate of drug-likeness (QED) is 0.672. The third-order valence-corrected chi connectivity index (χ3v) is 7.23. The number of halogens is 1. The molecule has 0 aliphatic carbocycles. The Hall–Kier alpha value is -1.90. The number of amides is 1. The summed E-state index contributed by atoms with van der Waals surface area (Å²) >= 11 is 4.67. The molecular formula is C17H15BrN2O3S2. The van der Waals surface area contributed by atoms with Gasteiger partial charge in [-0.05, 0) is 53.9 Å². The Balaban J connectivity index is 2.00. The lowest BCUT2D eigenvalue weighted by atomic mass is 10.2. The fourth-order valence-corrected chi connectivity index (χ4v) is 4.81. The summed E-state index contributed by atoms with van der Waals surface area (Å²) in [7, 11) is -0.557. The Labute approximate surface area is 158 Å². The van der Waals surface area contributed by atoms with Crippen molar-refractivity contribution in [1.82, 2.24) is 5.32 Å². The molecule has 0 fully saturated rings. The molecule has 0 atom stereocenters. The van der Waals surface area contributed by atoms with Gasteiger partial charge in [0.25, 0.3) is 15.9 Å². The fourth-order valence-electron chi connectivity index (χ4n) is 2.37. The van der Waals surface area contributed by atoms with Crippen LogP contribution in [-0.2, 0) is 10.0 Å². The molecule has 3 rings (SSSR count). The standard InChI is InChI=1S/C17H15BrN2O3S2/c1-19-17(21)16-10-11-9-13(5-8-15(11)24-16)20(2)25(22,23)14-6-3-12(18)4-7-14/h3-10H,1-2H3,(H,19,21). The molecule has 0 saturated heterocycles. The van der Waals surface area contributed by atoms with Crippen LogP contribution in [0.15, 0.2) is 57.9 Å². The van der Waals surface area contributed by atoms with Gasteiger partial charge in [0.05, 0.1) is 15.5 Å². The van der Waals surface area contributed by atoms with E-state index >= 15 is 0 Å². The number of anilines is 1. The zero-order chi connectivity index (χ0) is 18.2. The van der Waals surface area contributed by atoms with Gasteiger partial charge in [-0.15, -0.1) is 11.3 Å². The second kappa shape index (κ2) is 6.78. The number of nitrogens with one attached hydrogen (secondary N) is 1. The van der Waals surface area contributed by atoms with E-state index in [1.165, 1.54) is 22.7 Å². The van der Waals surface area contributed by atoms with E-state index in [0.717, 1.165) is 14.6 Å². The summed E-state index contributed by atoms with van der Waals surface area (Å²) in [5, 5.41) is 3.42. The van der Waals surface area contributed by atoms with Gasteiger partial charge in [0, 0.05) is 23.3 Å². The molecule has 1 N–H and O–H groups in total. The van der Waals surface area contributed by atoms with Crippen LogP contribution in [0.25, 0.3) is 10.1 Å². The van der Waals surface area contributed by atoms with Gasteiger partial charge in [0.1, 0.15) is 0 Å². The van der Waals surface area contributed by atoms with Crippen LogP contribution in [0.1, 0.15) is 9.67 Å². The smallest absolute Gasteiger partial charge is 0.264 e. The summed E-state index contributed by atoms with van der Waals surface area (Å²) in [5.41, 5.74) is 0.539. The maximum absolute atomic E-state index is 12.8. The number of carbonyl (C=O) groups is 1. The predicted octanol–water partition coefficient (Wildman–Crippen LogP) is 3.85. The molecule has 5 nitrogen and oxygen atoms in total. The van der Waals surface area contributed by atoms with E-state index in [1.807, 2.05) is 6.07 Å². The van der Waals surface area contributed by atoms with Crippen LogP contribution in [0.3, 0.4) is 0 Å². The van der Waals surface area contributed by atoms with Crippen LogP contribution < -0.4 is 9.62 Å². The van der Waals surface area contributed by atoms with Crippen molar-refractivity contribution in [1.29, 1.82) is 0 Å². The largest absolute Gasteiger partial charge is 0.354 e. The Morgan fingerprint density at radius 2 is 1.80 bits per heavy atom. The molecule has 130 valence electrons. The molecule has 0 aliphatic rings. The number of rotatable bonds is 4. The maximum atomic E-state index is 12.8. The number of hydrogen-bond donors (Lipinski definition) is 1. The van der Waals surface area contributed by atoms with Crippen molar-refractivity contribution in [3.8, 4) is 0 Å². The average molecular weight is 439 g/mol. The summed E-state index contributed by atoms with van der Waals surface area (Å²) in [6, 6.07) is 13.6. The van der Waals surface area contributed by atoms with E-state index in [-0.39, 0.29) is 10.8 Å². The number of thiophene rings is 1. The number of hydrogen-bond acceptors (Lipinski definition) is 4. The predicted molar refractivity (Wildman–Crippen MR) is 105 cm³/mol. The normalized spacial score (nSPS) is 11.5. The van der Waals surface area contributed by atoms with Crippen LogP contribution in [-0.4, -0.2) is 28.4 Å². The molecule has 0 unspecified atom stereocenters. The van der Waals surface area contributed by atoms with E-state index < -0.39 is 10.0 Å². The molecule has 1 aromatic heterocycles. The number of fused-ring (bicyclic) bond motifs is 1. The van der Waals surface area contributed by atoms with E-state index in [1.54, 1.807) is 49.5 Å². The van der Waals surface area contributed by atoms with Gasteiger partial charge in [-0.25, -0.2) is 8.42 Å². The van der Waals surface area contributed by atoms with Crippen molar-refractivity contribution < 1.29 is 13.2 Å². The minimum atomic E-state index is -3.66. The first-order chi connectivity index (χ1) is 11.8. The van der Waals surface area contributed by atoms with Gasteiger partial charge in [-0.1, -0.05) is 15.9 Å². The molecular weight excluding hydrogens is 424 g/mol. The Morgan fingerprint density at radius 1 is 1.12 bits per heavy atom. The third-order valence-electron chi connectivity index (χ3n) is 3.79. The molecule has 1 amide bonds. The van der Waals surface area contributed by atoms with Crippen molar-refractivity contribution in [2.75, 3.05) is 18.4 Å². The van der Waals surface area contributed by atoms with Crippen LogP contribution in [0.4, 0.5) is 5.69 Å². The molecule has 0 bridgehead atoms. The maximum Gasteiger partial charge on any atom is 0.264 e. The summed E-state index contributed by atoms with van der Waals surface area (Å²) in [4.78, 5) is 12.6. The molecule has 2 aromatic carbocycles. The minimum Gasteiger partial charge on any atom is -0.354 e. The first kappa shape index (κ1) is 17.9. The van der Waals surface area contributed by atoms with Crippen molar-refractivity contribution in [3.05, 3.63) is 57.9 Å². The molecule has 0 saturated carbocycles. The van der Waals surface area contributed by atoms with E-state index in [4.69, 9.17) is 0 Å². The lowest BCUT2D eigenvalue weighted by Crippen LogP contribution is -2.26. The zero-order valence-electron chi connectivity index (χ0n) is 13.5. The van der Waals surface area contributed by atoms with Crippen molar-refractivity contribution >= 4 is 59.0 Å². The molecule has 0 aliphatic heterocycles. The van der Waals surface area contributed by atoms with Gasteiger partial charge in [-0.2, -0.15) is 0 Å². The van der Waals surface area contributed by atoms with Gasteiger partial charge in [0.2, 0.25) is 0 Å². The highest BCUT2D eigenvalue weighted by Crippen LogP contribution is 2.31. The molecule has 25 heavy (non-hydrogen) atoms. The molecule has 1 heterocycles. The zero-order valence-corrected chi connectivity index (χ0v) is 16.7. The van der Waals surface area contributed by atoms with Gasteiger partial charge < -0.3 is 5.32 Å². The number of carbonyl (C=O) groups excluding carboxylic acids is 1. The summed E-state index contributed by atoms with van der Waals surface area (Å²) < 4.78 is 28.6. The summed E-state index contributed by atoms with van der Waals surface area (Å²) in [5.74, 6) is -0.154. The van der Waals surface area contributed by atoms with Crippen molar-refractivity contribution in [2.24, 2.45) is 0 Å². The molecule has 8 heteroatoms.